The normalized spacial score (nSPS) is 12.2. The lowest BCUT2D eigenvalue weighted by Gasteiger charge is -2.16. The van der Waals surface area contributed by atoms with Gasteiger partial charge < -0.3 is 14.9 Å². The van der Waals surface area contributed by atoms with Crippen molar-refractivity contribution in [2.45, 2.75) is 45.6 Å². The molecule has 2 N–H and O–H groups in total. The monoisotopic (exact) mass is 379 g/mol. The average Bonchev–Trinajstić information content (AvgIpc) is 3.03. The van der Waals surface area contributed by atoms with Crippen molar-refractivity contribution in [2.24, 2.45) is 5.92 Å². The zero-order chi connectivity index (χ0) is 19.1. The van der Waals surface area contributed by atoms with E-state index in [1.54, 1.807) is 24.3 Å². The van der Waals surface area contributed by atoms with Crippen LogP contribution in [-0.2, 0) is 16.0 Å². The van der Waals surface area contributed by atoms with Gasteiger partial charge in [0.05, 0.1) is 0 Å². The summed E-state index contributed by atoms with van der Waals surface area (Å²) in [6.45, 7) is 3.83. The van der Waals surface area contributed by atoms with Gasteiger partial charge in [-0.15, -0.1) is 0 Å². The van der Waals surface area contributed by atoms with Gasteiger partial charge in [-0.05, 0) is 43.0 Å². The first-order valence-corrected chi connectivity index (χ1v) is 8.83. The summed E-state index contributed by atoms with van der Waals surface area (Å²) in [5, 5.41) is 16.2. The van der Waals surface area contributed by atoms with E-state index < -0.39 is 12.0 Å². The van der Waals surface area contributed by atoms with Crippen molar-refractivity contribution in [3.63, 3.8) is 0 Å². The third-order valence-corrected chi connectivity index (χ3v) is 3.96. The molecule has 0 aliphatic rings. The Kier molecular flexibility index (Phi) is 7.15. The second-order valence-electron chi connectivity index (χ2n) is 6.46. The smallest absolute Gasteiger partial charge is 0.326 e. The van der Waals surface area contributed by atoms with E-state index in [4.69, 9.17) is 21.2 Å². The fourth-order valence-corrected chi connectivity index (χ4v) is 2.56. The number of nitrogens with one attached hydrogen (secondary N) is 1. The van der Waals surface area contributed by atoms with E-state index in [9.17, 15) is 9.59 Å². The first kappa shape index (κ1) is 19.9. The molecule has 1 amide bonds. The lowest BCUT2D eigenvalue weighted by Crippen LogP contribution is -2.41. The molecule has 0 fully saturated rings. The molecule has 1 aromatic carbocycles. The summed E-state index contributed by atoms with van der Waals surface area (Å²) in [5.41, 5.74) is 0.792. The van der Waals surface area contributed by atoms with Gasteiger partial charge in [0.25, 0.3) is 0 Å². The molecule has 0 aliphatic heterocycles. The lowest BCUT2D eigenvalue weighted by atomic mass is 10.0. The molecule has 7 nitrogen and oxygen atoms in total. The number of carbonyl (C=O) groups excluding carboxylic acids is 1. The number of halogens is 1. The molecule has 0 saturated heterocycles. The minimum atomic E-state index is -1.02. The zero-order valence-corrected chi connectivity index (χ0v) is 15.5. The Morgan fingerprint density at radius 2 is 1.96 bits per heavy atom. The van der Waals surface area contributed by atoms with Gasteiger partial charge >= 0.3 is 5.97 Å². The number of carbonyl (C=O) groups is 2. The van der Waals surface area contributed by atoms with E-state index in [2.05, 4.69) is 15.5 Å². The molecule has 0 aliphatic carbocycles. The topological polar surface area (TPSA) is 105 Å². The van der Waals surface area contributed by atoms with Crippen LogP contribution >= 0.6 is 11.6 Å². The summed E-state index contributed by atoms with van der Waals surface area (Å²) < 4.78 is 5.18. The first-order valence-electron chi connectivity index (χ1n) is 8.46. The minimum absolute atomic E-state index is 0.182. The fraction of sp³-hybridized carbons (Fsp3) is 0.444. The van der Waals surface area contributed by atoms with E-state index in [0.29, 0.717) is 36.0 Å². The molecule has 0 saturated carbocycles. The molecule has 140 valence electrons. The zero-order valence-electron chi connectivity index (χ0n) is 14.7. The van der Waals surface area contributed by atoms with Crippen molar-refractivity contribution >= 4 is 23.5 Å². The predicted octanol–water partition coefficient (Wildman–Crippen LogP) is 3.33. The van der Waals surface area contributed by atoms with Crippen molar-refractivity contribution in [2.75, 3.05) is 0 Å². The van der Waals surface area contributed by atoms with E-state index in [1.165, 1.54) is 0 Å². The largest absolute Gasteiger partial charge is 0.480 e. The van der Waals surface area contributed by atoms with Crippen molar-refractivity contribution in [1.82, 2.24) is 15.5 Å². The maximum atomic E-state index is 11.9. The quantitative estimate of drug-likeness (QED) is 0.692. The maximum absolute atomic E-state index is 11.9. The highest BCUT2D eigenvalue weighted by Gasteiger charge is 2.20. The van der Waals surface area contributed by atoms with Crippen LogP contribution in [-0.4, -0.2) is 33.2 Å². The number of carboxylic acids is 1. The molecule has 2 rings (SSSR count). The summed E-state index contributed by atoms with van der Waals surface area (Å²) in [7, 11) is 0. The Balaban J connectivity index is 1.81. The Labute approximate surface area is 156 Å². The van der Waals surface area contributed by atoms with Gasteiger partial charge in [0.15, 0.2) is 0 Å². The van der Waals surface area contributed by atoms with Crippen LogP contribution in [0.25, 0.3) is 11.4 Å². The fourth-order valence-electron chi connectivity index (χ4n) is 2.43. The molecule has 26 heavy (non-hydrogen) atoms. The molecule has 0 radical (unpaired) electrons. The SMILES string of the molecule is CC(C)C[C@@H](NC(=O)CCCc1nc(-c2ccc(Cl)cc2)no1)C(=O)O. The van der Waals surface area contributed by atoms with Crippen LogP contribution in [0.1, 0.15) is 39.0 Å². The molecule has 8 heteroatoms. The number of benzene rings is 1. The van der Waals surface area contributed by atoms with Crippen molar-refractivity contribution in [3.05, 3.63) is 35.2 Å². The van der Waals surface area contributed by atoms with E-state index in [0.717, 1.165) is 5.56 Å². The third-order valence-electron chi connectivity index (χ3n) is 3.71. The number of rotatable bonds is 9. The van der Waals surface area contributed by atoms with Crippen molar-refractivity contribution < 1.29 is 19.2 Å². The van der Waals surface area contributed by atoms with Gasteiger partial charge in [-0.1, -0.05) is 30.6 Å². The number of nitrogens with zero attached hydrogens (tertiary/aromatic N) is 2. The highest BCUT2D eigenvalue weighted by Crippen LogP contribution is 2.19. The van der Waals surface area contributed by atoms with Crippen LogP contribution in [0.3, 0.4) is 0 Å². The van der Waals surface area contributed by atoms with E-state index in [1.807, 2.05) is 13.8 Å². The second kappa shape index (κ2) is 9.33. The molecular formula is C18H22ClN3O4. The summed E-state index contributed by atoms with van der Waals surface area (Å²) >= 11 is 5.85. The number of carboxylic acid groups (broad SMARTS) is 1. The first-order chi connectivity index (χ1) is 12.3. The molecule has 2 aromatic rings. The van der Waals surface area contributed by atoms with Gasteiger partial charge in [-0.25, -0.2) is 4.79 Å². The molecule has 0 unspecified atom stereocenters. The number of hydrogen-bond donors (Lipinski definition) is 2. The Morgan fingerprint density at radius 3 is 2.58 bits per heavy atom. The molecule has 1 aromatic heterocycles. The van der Waals surface area contributed by atoms with Crippen molar-refractivity contribution in [1.29, 1.82) is 0 Å². The average molecular weight is 380 g/mol. The van der Waals surface area contributed by atoms with Gasteiger partial charge in [-0.2, -0.15) is 4.98 Å². The summed E-state index contributed by atoms with van der Waals surface area (Å²) in [4.78, 5) is 27.4. The Morgan fingerprint density at radius 1 is 1.27 bits per heavy atom. The maximum Gasteiger partial charge on any atom is 0.326 e. The second-order valence-corrected chi connectivity index (χ2v) is 6.90. The number of aromatic nitrogens is 2. The lowest BCUT2D eigenvalue weighted by molar-refractivity contribution is -0.142. The van der Waals surface area contributed by atoms with Gasteiger partial charge in [-0.3, -0.25) is 4.79 Å². The van der Waals surface area contributed by atoms with Gasteiger partial charge in [0, 0.05) is 23.4 Å². The summed E-state index contributed by atoms with van der Waals surface area (Å²) in [5.74, 6) is -0.239. The highest BCUT2D eigenvalue weighted by molar-refractivity contribution is 6.30. The van der Waals surface area contributed by atoms with Crippen LogP contribution in [0.2, 0.25) is 5.02 Å². The molecular weight excluding hydrogens is 358 g/mol. The predicted molar refractivity (Wildman–Crippen MR) is 96.7 cm³/mol. The molecule has 1 atom stereocenters. The molecule has 1 heterocycles. The minimum Gasteiger partial charge on any atom is -0.480 e. The van der Waals surface area contributed by atoms with Crippen LogP contribution in [0.5, 0.6) is 0 Å². The van der Waals surface area contributed by atoms with Crippen molar-refractivity contribution in [3.8, 4) is 11.4 Å². The van der Waals surface area contributed by atoms with E-state index in [-0.39, 0.29) is 18.2 Å². The third kappa shape index (κ3) is 6.15. The van der Waals surface area contributed by atoms with Crippen LogP contribution in [0, 0.1) is 5.92 Å². The summed E-state index contributed by atoms with van der Waals surface area (Å²) in [6, 6.07) is 6.22. The number of aryl methyl sites for hydroxylation is 1. The van der Waals surface area contributed by atoms with Gasteiger partial charge in [0.1, 0.15) is 6.04 Å². The summed E-state index contributed by atoms with van der Waals surface area (Å²) in [6.07, 6.45) is 1.52. The number of hydrogen-bond acceptors (Lipinski definition) is 5. The Hall–Kier alpha value is -2.41. The highest BCUT2D eigenvalue weighted by atomic mass is 35.5. The standard InChI is InChI=1S/C18H22ClN3O4/c1-11(2)10-14(18(24)25)20-15(23)4-3-5-16-21-17(22-26-16)12-6-8-13(19)9-7-12/h6-9,11,14H,3-5,10H2,1-2H3,(H,20,23)(H,24,25)/t14-/m1/s1. The number of amides is 1. The van der Waals surface area contributed by atoms with Crippen LogP contribution in [0.4, 0.5) is 0 Å². The number of aliphatic carboxylic acids is 1. The van der Waals surface area contributed by atoms with Crippen LogP contribution in [0.15, 0.2) is 28.8 Å². The Bertz CT molecular complexity index is 743. The van der Waals surface area contributed by atoms with Crippen LogP contribution < -0.4 is 5.32 Å². The van der Waals surface area contributed by atoms with Gasteiger partial charge in [0.2, 0.25) is 17.6 Å². The molecule has 0 spiro atoms. The molecule has 0 bridgehead atoms. The van der Waals surface area contributed by atoms with E-state index >= 15 is 0 Å².